The number of rotatable bonds is 3. The quantitative estimate of drug-likeness (QED) is 0.646. The number of nitrogens with two attached hydrogens (primary N) is 1. The first-order valence-corrected chi connectivity index (χ1v) is 6.23. The minimum Gasteiger partial charge on any atom is -0.312 e. The molecule has 0 spiro atoms. The Morgan fingerprint density at radius 1 is 1.41 bits per heavy atom. The predicted molar refractivity (Wildman–Crippen MR) is 74.1 cm³/mol. The summed E-state index contributed by atoms with van der Waals surface area (Å²) in [5.74, 6) is 6.44. The van der Waals surface area contributed by atoms with Gasteiger partial charge >= 0.3 is 0 Å². The van der Waals surface area contributed by atoms with Crippen LogP contribution in [0.2, 0.25) is 0 Å². The molecule has 0 aliphatic rings. The van der Waals surface area contributed by atoms with Crippen molar-refractivity contribution in [3.63, 3.8) is 0 Å². The van der Waals surface area contributed by atoms with Gasteiger partial charge in [0.1, 0.15) is 0 Å². The third-order valence-corrected chi connectivity index (χ3v) is 3.32. The number of hydrogen-bond acceptors (Lipinski definition) is 3. The fourth-order valence-corrected chi connectivity index (χ4v) is 2.62. The Balaban J connectivity index is 3.34. The molecule has 0 aromatic carbocycles. The maximum Gasteiger partial charge on any atom is 0.0761 e. The SMILES string of the molecule is CCC(c1ccnc(C)c1N(C)N)C(C)(C)C. The number of nitrogens with zero attached hydrogens (tertiary/aromatic N) is 2. The normalized spacial score (nSPS) is 13.6. The molecule has 1 atom stereocenters. The van der Waals surface area contributed by atoms with E-state index >= 15 is 0 Å². The van der Waals surface area contributed by atoms with E-state index in [0.29, 0.717) is 5.92 Å². The van der Waals surface area contributed by atoms with Gasteiger partial charge in [-0.15, -0.1) is 0 Å². The molecule has 0 aliphatic heterocycles. The average molecular weight is 235 g/mol. The lowest BCUT2D eigenvalue weighted by Crippen LogP contribution is -2.29. The number of aromatic nitrogens is 1. The highest BCUT2D eigenvalue weighted by Gasteiger charge is 2.27. The zero-order chi connectivity index (χ0) is 13.2. The lowest BCUT2D eigenvalue weighted by atomic mass is 9.74. The molecule has 0 saturated carbocycles. The Kier molecular flexibility index (Phi) is 4.15. The standard InChI is InChI=1S/C14H25N3/c1-7-12(14(3,4)5)11-8-9-16-10(2)13(11)17(6)15/h8-9,12H,7,15H2,1-6H3. The molecule has 17 heavy (non-hydrogen) atoms. The van der Waals surface area contributed by atoms with E-state index in [1.54, 1.807) is 5.01 Å². The van der Waals surface area contributed by atoms with Crippen molar-refractivity contribution in [3.05, 3.63) is 23.5 Å². The van der Waals surface area contributed by atoms with Gasteiger partial charge in [0, 0.05) is 13.2 Å². The van der Waals surface area contributed by atoms with Gasteiger partial charge in [-0.25, -0.2) is 5.84 Å². The summed E-state index contributed by atoms with van der Waals surface area (Å²) in [7, 11) is 1.88. The Morgan fingerprint density at radius 3 is 2.41 bits per heavy atom. The van der Waals surface area contributed by atoms with Crippen LogP contribution in [0, 0.1) is 12.3 Å². The molecule has 3 heteroatoms. The van der Waals surface area contributed by atoms with Crippen LogP contribution in [-0.4, -0.2) is 12.0 Å². The summed E-state index contributed by atoms with van der Waals surface area (Å²) in [6, 6.07) is 2.10. The third kappa shape index (κ3) is 2.97. The first-order chi connectivity index (χ1) is 7.79. The molecule has 1 aromatic heterocycles. The van der Waals surface area contributed by atoms with Crippen LogP contribution in [0.15, 0.2) is 12.3 Å². The Bertz CT molecular complexity index is 378. The van der Waals surface area contributed by atoms with Gasteiger partial charge in [0.15, 0.2) is 0 Å². The van der Waals surface area contributed by atoms with Crippen LogP contribution < -0.4 is 10.9 Å². The molecule has 1 unspecified atom stereocenters. The molecule has 0 aliphatic carbocycles. The largest absolute Gasteiger partial charge is 0.312 e. The first-order valence-electron chi connectivity index (χ1n) is 6.23. The van der Waals surface area contributed by atoms with Gasteiger partial charge in [-0.05, 0) is 36.3 Å². The molecule has 0 fully saturated rings. The van der Waals surface area contributed by atoms with E-state index in [2.05, 4.69) is 38.7 Å². The predicted octanol–water partition coefficient (Wildman–Crippen LogP) is 3.24. The summed E-state index contributed by atoms with van der Waals surface area (Å²) in [4.78, 5) is 4.34. The number of aryl methyl sites for hydroxylation is 1. The minimum atomic E-state index is 0.229. The molecule has 96 valence electrons. The van der Waals surface area contributed by atoms with Crippen molar-refractivity contribution < 1.29 is 0 Å². The summed E-state index contributed by atoms with van der Waals surface area (Å²) in [5.41, 5.74) is 3.59. The van der Waals surface area contributed by atoms with Crippen molar-refractivity contribution in [2.24, 2.45) is 11.3 Å². The monoisotopic (exact) mass is 235 g/mol. The van der Waals surface area contributed by atoms with Crippen LogP contribution >= 0.6 is 0 Å². The van der Waals surface area contributed by atoms with Crippen LogP contribution in [0.5, 0.6) is 0 Å². The van der Waals surface area contributed by atoms with Crippen LogP contribution in [0.25, 0.3) is 0 Å². The van der Waals surface area contributed by atoms with Gasteiger partial charge in [0.25, 0.3) is 0 Å². The number of anilines is 1. The van der Waals surface area contributed by atoms with Gasteiger partial charge in [0.05, 0.1) is 11.4 Å². The van der Waals surface area contributed by atoms with E-state index in [9.17, 15) is 0 Å². The Labute approximate surface area is 105 Å². The number of hydrazine groups is 1. The van der Waals surface area contributed by atoms with E-state index in [0.717, 1.165) is 17.8 Å². The first kappa shape index (κ1) is 14.0. The smallest absolute Gasteiger partial charge is 0.0761 e. The molecular weight excluding hydrogens is 210 g/mol. The summed E-state index contributed by atoms with van der Waals surface area (Å²) >= 11 is 0. The number of pyridine rings is 1. The van der Waals surface area contributed by atoms with Crippen molar-refractivity contribution in [1.29, 1.82) is 0 Å². The lowest BCUT2D eigenvalue weighted by Gasteiger charge is -2.33. The summed E-state index contributed by atoms with van der Waals surface area (Å²) in [6.45, 7) is 11.1. The van der Waals surface area contributed by atoms with E-state index in [-0.39, 0.29) is 5.41 Å². The van der Waals surface area contributed by atoms with E-state index in [4.69, 9.17) is 5.84 Å². The van der Waals surface area contributed by atoms with Crippen molar-refractivity contribution in [1.82, 2.24) is 4.98 Å². The summed E-state index contributed by atoms with van der Waals surface area (Å²) < 4.78 is 0. The Morgan fingerprint density at radius 2 is 2.00 bits per heavy atom. The molecule has 0 bridgehead atoms. The van der Waals surface area contributed by atoms with Crippen molar-refractivity contribution in [2.75, 3.05) is 12.1 Å². The summed E-state index contributed by atoms with van der Waals surface area (Å²) in [5, 5.41) is 1.69. The molecular formula is C14H25N3. The maximum absolute atomic E-state index is 5.94. The molecule has 0 saturated heterocycles. The fourth-order valence-electron chi connectivity index (χ4n) is 2.62. The van der Waals surface area contributed by atoms with Crippen molar-refractivity contribution in [2.45, 2.75) is 47.0 Å². The zero-order valence-corrected chi connectivity index (χ0v) is 11.9. The highest BCUT2D eigenvalue weighted by Crippen LogP contribution is 2.41. The fraction of sp³-hybridized carbons (Fsp3) is 0.643. The molecule has 0 radical (unpaired) electrons. The van der Waals surface area contributed by atoms with E-state index < -0.39 is 0 Å². The van der Waals surface area contributed by atoms with Crippen LogP contribution in [0.3, 0.4) is 0 Å². The van der Waals surface area contributed by atoms with Crippen molar-refractivity contribution in [3.8, 4) is 0 Å². The molecule has 1 heterocycles. The van der Waals surface area contributed by atoms with Crippen molar-refractivity contribution >= 4 is 5.69 Å². The average Bonchev–Trinajstić information content (AvgIpc) is 2.15. The van der Waals surface area contributed by atoms with Crippen LogP contribution in [-0.2, 0) is 0 Å². The lowest BCUT2D eigenvalue weighted by molar-refractivity contribution is 0.312. The topological polar surface area (TPSA) is 42.2 Å². The van der Waals surface area contributed by atoms with E-state index in [1.165, 1.54) is 5.56 Å². The van der Waals surface area contributed by atoms with Gasteiger partial charge in [-0.3, -0.25) is 4.98 Å². The molecule has 1 aromatic rings. The molecule has 3 nitrogen and oxygen atoms in total. The number of hydrogen-bond donors (Lipinski definition) is 1. The summed E-state index contributed by atoms with van der Waals surface area (Å²) in [6.07, 6.45) is 2.99. The second kappa shape index (κ2) is 5.05. The van der Waals surface area contributed by atoms with E-state index in [1.807, 2.05) is 20.2 Å². The molecule has 0 amide bonds. The highest BCUT2D eigenvalue weighted by atomic mass is 15.4. The second-order valence-corrected chi connectivity index (χ2v) is 5.77. The molecule has 1 rings (SSSR count). The molecule has 2 N–H and O–H groups in total. The van der Waals surface area contributed by atoms with Crippen LogP contribution in [0.4, 0.5) is 5.69 Å². The van der Waals surface area contributed by atoms with Gasteiger partial charge in [-0.2, -0.15) is 0 Å². The minimum absolute atomic E-state index is 0.229. The second-order valence-electron chi connectivity index (χ2n) is 5.77. The van der Waals surface area contributed by atoms with Gasteiger partial charge in [-0.1, -0.05) is 27.7 Å². The zero-order valence-electron chi connectivity index (χ0n) is 11.9. The Hall–Kier alpha value is -1.09. The van der Waals surface area contributed by atoms with Crippen LogP contribution in [0.1, 0.15) is 51.3 Å². The third-order valence-electron chi connectivity index (χ3n) is 3.32. The highest BCUT2D eigenvalue weighted by molar-refractivity contribution is 5.56. The van der Waals surface area contributed by atoms with Gasteiger partial charge in [0.2, 0.25) is 0 Å². The maximum atomic E-state index is 5.94. The van der Waals surface area contributed by atoms with Gasteiger partial charge < -0.3 is 5.01 Å².